The second-order valence-corrected chi connectivity index (χ2v) is 12.6. The molecule has 41 heavy (non-hydrogen) atoms. The summed E-state index contributed by atoms with van der Waals surface area (Å²) < 4.78 is 32.0. The first-order chi connectivity index (χ1) is 19.2. The fraction of sp³-hybridized carbons (Fsp3) is 0.387. The molecule has 0 radical (unpaired) electrons. The number of hydrogen-bond donors (Lipinski definition) is 2. The zero-order valence-electron chi connectivity index (χ0n) is 23.1. The predicted octanol–water partition coefficient (Wildman–Crippen LogP) is 8.37. The first-order valence-corrected chi connectivity index (χ1v) is 14.0. The van der Waals surface area contributed by atoms with Crippen molar-refractivity contribution in [1.82, 2.24) is 4.90 Å². The Morgan fingerprint density at radius 1 is 1.17 bits per heavy atom. The van der Waals surface area contributed by atoms with Gasteiger partial charge in [0.1, 0.15) is 17.4 Å². The minimum Gasteiger partial charge on any atom is -0.478 e. The molecule has 5 atom stereocenters. The van der Waals surface area contributed by atoms with Gasteiger partial charge in [0, 0.05) is 29.0 Å². The third kappa shape index (κ3) is 5.58. The number of carboxylic acids is 1. The van der Waals surface area contributed by atoms with Crippen LogP contribution in [0.1, 0.15) is 56.1 Å². The monoisotopic (exact) mass is 601 g/mol. The number of rotatable bonds is 5. The zero-order valence-corrected chi connectivity index (χ0v) is 24.6. The first-order valence-electron chi connectivity index (χ1n) is 13.2. The van der Waals surface area contributed by atoms with E-state index in [9.17, 15) is 20.0 Å². The Bertz CT molecular complexity index is 1480. The molecule has 1 fully saturated rings. The van der Waals surface area contributed by atoms with Crippen molar-refractivity contribution in [2.45, 2.75) is 46.3 Å². The van der Waals surface area contributed by atoms with E-state index < -0.39 is 47.3 Å². The van der Waals surface area contributed by atoms with Crippen LogP contribution in [0.3, 0.4) is 0 Å². The number of nitriles is 1. The summed E-state index contributed by atoms with van der Waals surface area (Å²) in [6, 6.07) is 10.5. The number of benzene rings is 2. The topological polar surface area (TPSA) is 93.4 Å². The van der Waals surface area contributed by atoms with E-state index in [4.69, 9.17) is 23.2 Å². The summed E-state index contributed by atoms with van der Waals surface area (Å²) in [5.41, 5.74) is -2.11. The fourth-order valence-corrected chi connectivity index (χ4v) is 6.39. The fourth-order valence-electron chi connectivity index (χ4n) is 6.03. The average Bonchev–Trinajstić information content (AvgIpc) is 3.22. The number of likely N-dealkylation sites (tertiary alicyclic amines) is 1. The van der Waals surface area contributed by atoms with E-state index in [1.165, 1.54) is 47.4 Å². The highest BCUT2D eigenvalue weighted by molar-refractivity contribution is 6.30. The van der Waals surface area contributed by atoms with Gasteiger partial charge >= 0.3 is 12.0 Å². The van der Waals surface area contributed by atoms with Crippen LogP contribution in [-0.4, -0.2) is 34.7 Å². The lowest BCUT2D eigenvalue weighted by Gasteiger charge is -2.42. The maximum absolute atomic E-state index is 16.2. The van der Waals surface area contributed by atoms with Gasteiger partial charge in [0.15, 0.2) is 0 Å². The number of nitrogens with zero attached hydrogens (tertiary/aromatic N) is 2. The highest BCUT2D eigenvalue weighted by Crippen LogP contribution is 2.60. The van der Waals surface area contributed by atoms with Crippen LogP contribution < -0.4 is 5.32 Å². The molecule has 2 N–H and O–H groups in total. The largest absolute Gasteiger partial charge is 0.478 e. The summed E-state index contributed by atoms with van der Waals surface area (Å²) in [5.74, 6) is -3.46. The Balaban J connectivity index is 1.97. The van der Waals surface area contributed by atoms with Gasteiger partial charge in [-0.25, -0.2) is 18.4 Å². The summed E-state index contributed by atoms with van der Waals surface area (Å²) in [7, 11) is 0. The molecule has 0 bridgehead atoms. The molecule has 5 unspecified atom stereocenters. The summed E-state index contributed by atoms with van der Waals surface area (Å²) in [6.45, 7) is 7.49. The van der Waals surface area contributed by atoms with Gasteiger partial charge in [0.05, 0.1) is 28.4 Å². The Morgan fingerprint density at radius 3 is 2.49 bits per heavy atom. The number of carboxylic acid groups (broad SMARTS) is 1. The molecule has 1 saturated heterocycles. The van der Waals surface area contributed by atoms with Crippen molar-refractivity contribution in [3.8, 4) is 6.07 Å². The quantitative estimate of drug-likeness (QED) is 0.360. The Labute approximate surface area is 248 Å². The number of allylic oxidation sites excluding steroid dienone is 3. The third-order valence-electron chi connectivity index (χ3n) is 7.85. The van der Waals surface area contributed by atoms with Crippen molar-refractivity contribution in [3.05, 3.63) is 87.2 Å². The zero-order chi connectivity index (χ0) is 30.3. The molecule has 0 aromatic heterocycles. The van der Waals surface area contributed by atoms with Crippen LogP contribution in [0.25, 0.3) is 0 Å². The molecule has 4 rings (SSSR count). The minimum absolute atomic E-state index is 0.0285. The van der Waals surface area contributed by atoms with Crippen molar-refractivity contribution < 1.29 is 23.5 Å². The van der Waals surface area contributed by atoms with Crippen LogP contribution in [0, 0.1) is 39.8 Å². The van der Waals surface area contributed by atoms with Crippen molar-refractivity contribution >= 4 is 40.9 Å². The van der Waals surface area contributed by atoms with Gasteiger partial charge in [0.25, 0.3) is 0 Å². The van der Waals surface area contributed by atoms with E-state index in [1.807, 2.05) is 20.8 Å². The normalized spacial score (nSPS) is 26.2. The Morgan fingerprint density at radius 2 is 1.85 bits per heavy atom. The van der Waals surface area contributed by atoms with Gasteiger partial charge in [-0.3, -0.25) is 0 Å². The highest BCUT2D eigenvalue weighted by Gasteiger charge is 2.62. The van der Waals surface area contributed by atoms with Crippen molar-refractivity contribution in [2.75, 3.05) is 11.9 Å². The van der Waals surface area contributed by atoms with Gasteiger partial charge in [-0.15, -0.1) is 0 Å². The molecular weight excluding hydrogens is 571 g/mol. The van der Waals surface area contributed by atoms with Crippen LogP contribution in [0.4, 0.5) is 19.3 Å². The van der Waals surface area contributed by atoms with Crippen LogP contribution in [0.5, 0.6) is 0 Å². The van der Waals surface area contributed by atoms with Gasteiger partial charge in [0.2, 0.25) is 0 Å². The minimum atomic E-state index is -1.70. The number of nitrogens with one attached hydrogen (secondary N) is 1. The van der Waals surface area contributed by atoms with Crippen LogP contribution in [-0.2, 0) is 0 Å². The molecule has 2 aliphatic rings. The second-order valence-electron chi connectivity index (χ2n) is 11.8. The maximum atomic E-state index is 16.2. The molecule has 0 saturated carbocycles. The number of hydrogen-bond acceptors (Lipinski definition) is 3. The molecular formula is C31H31Cl2F2N3O3. The molecule has 1 heterocycles. The van der Waals surface area contributed by atoms with E-state index in [0.717, 1.165) is 0 Å². The van der Waals surface area contributed by atoms with Crippen LogP contribution in [0.2, 0.25) is 5.02 Å². The predicted molar refractivity (Wildman–Crippen MR) is 155 cm³/mol. The Kier molecular flexibility index (Phi) is 8.54. The maximum Gasteiger partial charge on any atom is 0.337 e. The lowest BCUT2D eigenvalue weighted by Crippen LogP contribution is -2.43. The number of halogens is 4. The number of carbonyl (C=O) groups excluding carboxylic acids is 1. The van der Waals surface area contributed by atoms with Crippen molar-refractivity contribution in [1.29, 1.82) is 5.26 Å². The van der Waals surface area contributed by atoms with Crippen molar-refractivity contribution in [3.63, 3.8) is 0 Å². The number of para-hydroxylation sites is 1. The molecule has 6 nitrogen and oxygen atoms in total. The molecule has 2 amide bonds. The van der Waals surface area contributed by atoms with Gasteiger partial charge in [-0.05, 0) is 41.7 Å². The van der Waals surface area contributed by atoms with Crippen molar-refractivity contribution in [2.24, 2.45) is 22.7 Å². The first kappa shape index (κ1) is 30.5. The lowest BCUT2D eigenvalue weighted by molar-refractivity contribution is 0.0698. The number of carbonyl (C=O) groups is 2. The Hall–Kier alpha value is -3.41. The summed E-state index contributed by atoms with van der Waals surface area (Å²) >= 11 is 12.5. The molecule has 2 aromatic rings. The number of amides is 2. The average molecular weight is 603 g/mol. The van der Waals surface area contributed by atoms with Gasteiger partial charge in [-0.1, -0.05) is 81.2 Å². The SMILES string of the molecule is CC1C(Cl)=CC=C(C2(C#N)C(CC(C)(C)C)CN(C(=O)Nc3ccccc3C(=O)O)C2c2cccc(Cl)c2F)C1F. The molecule has 1 aliphatic carbocycles. The number of alkyl halides is 1. The molecule has 0 spiro atoms. The summed E-state index contributed by atoms with van der Waals surface area (Å²) in [4.78, 5) is 27.1. The molecule has 1 aliphatic heterocycles. The van der Waals surface area contributed by atoms with Gasteiger partial charge < -0.3 is 15.3 Å². The third-order valence-corrected chi connectivity index (χ3v) is 8.62. The van der Waals surface area contributed by atoms with Crippen LogP contribution in [0.15, 0.2) is 65.2 Å². The number of anilines is 1. The number of aromatic carboxylic acids is 1. The molecule has 10 heteroatoms. The van der Waals surface area contributed by atoms with E-state index in [0.29, 0.717) is 6.42 Å². The standard InChI is InChI=1S/C31H31Cl2F2N3O3/c1-17-22(32)13-12-21(25(17)34)31(16-36)18(14-30(2,3)4)15-38(27(31)20-9-7-10-23(33)26(20)35)29(41)37-24-11-6-5-8-19(24)28(39)40/h5-13,17-18,25,27H,14-15H2,1-4H3,(H,37,41)(H,39,40). The smallest absolute Gasteiger partial charge is 0.337 e. The van der Waals surface area contributed by atoms with Crippen LogP contribution >= 0.6 is 23.2 Å². The van der Waals surface area contributed by atoms with E-state index >= 15 is 8.78 Å². The number of urea groups is 1. The molecule has 216 valence electrons. The molecule has 2 aromatic carbocycles. The second kappa shape index (κ2) is 11.5. The van der Waals surface area contributed by atoms with E-state index in [1.54, 1.807) is 19.1 Å². The summed E-state index contributed by atoms with van der Waals surface area (Å²) in [6.07, 6.45) is 1.74. The highest BCUT2D eigenvalue weighted by atomic mass is 35.5. The van der Waals surface area contributed by atoms with Gasteiger partial charge in [-0.2, -0.15) is 5.26 Å². The van der Waals surface area contributed by atoms with E-state index in [2.05, 4.69) is 11.4 Å². The summed E-state index contributed by atoms with van der Waals surface area (Å²) in [5, 5.41) is 23.3. The van der Waals surface area contributed by atoms with E-state index in [-0.39, 0.29) is 44.4 Å². The lowest BCUT2D eigenvalue weighted by atomic mass is 9.61.